The second kappa shape index (κ2) is 6.90. The van der Waals surface area contributed by atoms with E-state index in [2.05, 4.69) is 34.8 Å². The van der Waals surface area contributed by atoms with Crippen molar-refractivity contribution in [3.63, 3.8) is 0 Å². The molecular weight excluding hydrogens is 284 g/mol. The Morgan fingerprint density at radius 2 is 2.48 bits per heavy atom. The molecule has 0 spiro atoms. The Bertz CT molecular complexity index is 463. The minimum atomic E-state index is 0.0288. The van der Waals surface area contributed by atoms with Crippen molar-refractivity contribution in [2.24, 2.45) is 11.8 Å². The number of ether oxygens (including phenoxy) is 1. The van der Waals surface area contributed by atoms with E-state index in [9.17, 15) is 4.79 Å². The lowest BCUT2D eigenvalue weighted by Crippen LogP contribution is -2.49. The molecule has 0 bridgehead atoms. The maximum Gasteiger partial charge on any atom is 0.225 e. The molecule has 0 aliphatic carbocycles. The molecule has 2 aliphatic rings. The zero-order valence-corrected chi connectivity index (χ0v) is 13.4. The molecule has 3 heterocycles. The number of rotatable bonds is 4. The van der Waals surface area contributed by atoms with Crippen molar-refractivity contribution in [1.29, 1.82) is 0 Å². The molecule has 116 valence electrons. The van der Waals surface area contributed by atoms with Gasteiger partial charge in [0, 0.05) is 24.5 Å². The Morgan fingerprint density at radius 3 is 3.29 bits per heavy atom. The first kappa shape index (κ1) is 15.0. The van der Waals surface area contributed by atoms with Crippen LogP contribution < -0.4 is 5.32 Å². The summed E-state index contributed by atoms with van der Waals surface area (Å²) in [6.45, 7) is 3.49. The van der Waals surface area contributed by atoms with Crippen LogP contribution >= 0.6 is 11.3 Å². The first-order valence-corrected chi connectivity index (χ1v) is 8.70. The van der Waals surface area contributed by atoms with Gasteiger partial charge in [0.05, 0.1) is 18.6 Å². The summed E-state index contributed by atoms with van der Waals surface area (Å²) in [6, 6.07) is 4.17. The number of hydrogen-bond donors (Lipinski definition) is 1. The van der Waals surface area contributed by atoms with E-state index in [0.29, 0.717) is 18.6 Å². The molecule has 4 nitrogen and oxygen atoms in total. The number of likely N-dealkylation sites (tertiary alicyclic amines) is 1. The van der Waals surface area contributed by atoms with Crippen molar-refractivity contribution in [1.82, 2.24) is 10.2 Å². The van der Waals surface area contributed by atoms with Gasteiger partial charge >= 0.3 is 0 Å². The summed E-state index contributed by atoms with van der Waals surface area (Å²) < 4.78 is 5.93. The van der Waals surface area contributed by atoms with Gasteiger partial charge in [-0.25, -0.2) is 0 Å². The van der Waals surface area contributed by atoms with Gasteiger partial charge in [0.1, 0.15) is 0 Å². The molecule has 2 saturated heterocycles. The van der Waals surface area contributed by atoms with E-state index >= 15 is 0 Å². The molecule has 0 aromatic carbocycles. The van der Waals surface area contributed by atoms with E-state index in [1.165, 1.54) is 4.88 Å². The number of nitrogens with zero attached hydrogens (tertiary/aromatic N) is 1. The fraction of sp³-hybridized carbons (Fsp3) is 0.688. The van der Waals surface area contributed by atoms with E-state index in [4.69, 9.17) is 4.74 Å². The van der Waals surface area contributed by atoms with Gasteiger partial charge in [0.2, 0.25) is 5.91 Å². The molecule has 0 radical (unpaired) electrons. The number of fused-ring (bicyclic) bond motifs is 1. The zero-order valence-electron chi connectivity index (χ0n) is 12.6. The van der Waals surface area contributed by atoms with Crippen molar-refractivity contribution in [3.8, 4) is 0 Å². The molecule has 1 aromatic heterocycles. The van der Waals surface area contributed by atoms with Crippen LogP contribution in [0.2, 0.25) is 0 Å². The van der Waals surface area contributed by atoms with Crippen molar-refractivity contribution < 1.29 is 9.53 Å². The summed E-state index contributed by atoms with van der Waals surface area (Å²) in [6.07, 6.45) is 3.37. The van der Waals surface area contributed by atoms with Gasteiger partial charge in [0.15, 0.2) is 0 Å². The lowest BCUT2D eigenvalue weighted by atomic mass is 9.83. The summed E-state index contributed by atoms with van der Waals surface area (Å²) in [7, 11) is 2.15. The van der Waals surface area contributed by atoms with Crippen LogP contribution in [0, 0.1) is 11.8 Å². The maximum atomic E-state index is 12.3. The van der Waals surface area contributed by atoms with Gasteiger partial charge in [-0.1, -0.05) is 6.07 Å². The third kappa shape index (κ3) is 3.84. The monoisotopic (exact) mass is 308 g/mol. The van der Waals surface area contributed by atoms with E-state index in [-0.39, 0.29) is 11.8 Å². The number of amides is 1. The van der Waals surface area contributed by atoms with Crippen LogP contribution in [-0.4, -0.2) is 50.2 Å². The molecule has 3 rings (SSSR count). The predicted molar refractivity (Wildman–Crippen MR) is 84.5 cm³/mol. The Hall–Kier alpha value is -0.910. The minimum absolute atomic E-state index is 0.0288. The predicted octanol–water partition coefficient (Wildman–Crippen LogP) is 1.76. The summed E-state index contributed by atoms with van der Waals surface area (Å²) in [5, 5.41) is 5.15. The highest BCUT2D eigenvalue weighted by Gasteiger charge is 2.37. The van der Waals surface area contributed by atoms with Crippen LogP contribution in [0.25, 0.3) is 0 Å². The fourth-order valence-corrected chi connectivity index (χ4v) is 4.11. The lowest BCUT2D eigenvalue weighted by molar-refractivity contribution is -0.138. The SMILES string of the molecule is CN1CC[C@H]2OC[C@@H](C(=O)NCCc3cccs3)C[C@H]2C1. The zero-order chi connectivity index (χ0) is 14.7. The smallest absolute Gasteiger partial charge is 0.225 e. The average Bonchev–Trinajstić information content (AvgIpc) is 2.99. The van der Waals surface area contributed by atoms with Crippen LogP contribution in [0.5, 0.6) is 0 Å². The largest absolute Gasteiger partial charge is 0.377 e. The number of carbonyl (C=O) groups is 1. The molecule has 2 fully saturated rings. The van der Waals surface area contributed by atoms with E-state index in [1.54, 1.807) is 11.3 Å². The third-order valence-corrected chi connectivity index (χ3v) is 5.52. The Labute approximate surface area is 130 Å². The van der Waals surface area contributed by atoms with Crippen LogP contribution in [0.15, 0.2) is 17.5 Å². The van der Waals surface area contributed by atoms with Crippen molar-refractivity contribution in [3.05, 3.63) is 22.4 Å². The first-order chi connectivity index (χ1) is 10.2. The van der Waals surface area contributed by atoms with Crippen molar-refractivity contribution in [2.45, 2.75) is 25.4 Å². The normalized spacial score (nSPS) is 29.9. The molecule has 1 amide bonds. The highest BCUT2D eigenvalue weighted by Crippen LogP contribution is 2.30. The molecule has 1 N–H and O–H groups in total. The average molecular weight is 308 g/mol. The van der Waals surface area contributed by atoms with Crippen molar-refractivity contribution >= 4 is 17.2 Å². The Kier molecular flexibility index (Phi) is 4.93. The van der Waals surface area contributed by atoms with Gasteiger partial charge in [0.25, 0.3) is 0 Å². The van der Waals surface area contributed by atoms with Crippen LogP contribution in [-0.2, 0) is 16.0 Å². The van der Waals surface area contributed by atoms with E-state index < -0.39 is 0 Å². The highest BCUT2D eigenvalue weighted by atomic mass is 32.1. The second-order valence-corrected chi connectivity index (χ2v) is 7.27. The highest BCUT2D eigenvalue weighted by molar-refractivity contribution is 7.09. The van der Waals surface area contributed by atoms with Gasteiger partial charge in [-0.2, -0.15) is 0 Å². The van der Waals surface area contributed by atoms with Gasteiger partial charge < -0.3 is 15.0 Å². The van der Waals surface area contributed by atoms with Crippen LogP contribution in [0.4, 0.5) is 0 Å². The summed E-state index contributed by atoms with van der Waals surface area (Å²) >= 11 is 1.74. The van der Waals surface area contributed by atoms with E-state index in [0.717, 1.165) is 38.9 Å². The molecule has 0 unspecified atom stereocenters. The molecule has 3 atom stereocenters. The Morgan fingerprint density at radius 1 is 1.57 bits per heavy atom. The maximum absolute atomic E-state index is 12.3. The third-order valence-electron chi connectivity index (χ3n) is 4.59. The van der Waals surface area contributed by atoms with Gasteiger partial charge in [-0.3, -0.25) is 4.79 Å². The Balaban J connectivity index is 1.44. The minimum Gasteiger partial charge on any atom is -0.377 e. The summed E-state index contributed by atoms with van der Waals surface area (Å²) in [4.78, 5) is 16.0. The molecule has 5 heteroatoms. The summed E-state index contributed by atoms with van der Waals surface area (Å²) in [5.74, 6) is 0.713. The quantitative estimate of drug-likeness (QED) is 0.921. The van der Waals surface area contributed by atoms with Crippen molar-refractivity contribution in [2.75, 3.05) is 33.3 Å². The molecule has 1 aromatic rings. The first-order valence-electron chi connectivity index (χ1n) is 7.82. The van der Waals surface area contributed by atoms with Gasteiger partial charge in [-0.05, 0) is 43.7 Å². The fourth-order valence-electron chi connectivity index (χ4n) is 3.40. The molecule has 0 saturated carbocycles. The van der Waals surface area contributed by atoms with Crippen LogP contribution in [0.1, 0.15) is 17.7 Å². The summed E-state index contributed by atoms with van der Waals surface area (Å²) in [5.41, 5.74) is 0. The molecule has 2 aliphatic heterocycles. The van der Waals surface area contributed by atoms with E-state index in [1.807, 2.05) is 0 Å². The second-order valence-electron chi connectivity index (χ2n) is 6.24. The number of hydrogen-bond acceptors (Lipinski definition) is 4. The van der Waals surface area contributed by atoms with Crippen LogP contribution in [0.3, 0.4) is 0 Å². The number of carbonyl (C=O) groups excluding carboxylic acids is 1. The lowest BCUT2D eigenvalue weighted by Gasteiger charge is -2.41. The topological polar surface area (TPSA) is 41.6 Å². The number of thiophene rings is 1. The molecule has 21 heavy (non-hydrogen) atoms. The van der Waals surface area contributed by atoms with Gasteiger partial charge in [-0.15, -0.1) is 11.3 Å². The molecular formula is C16H24N2O2S. The number of piperidine rings is 1. The number of nitrogens with one attached hydrogen (secondary N) is 1. The standard InChI is InChI=1S/C16H24N2O2S/c1-18-7-5-15-12(10-18)9-13(11-20-15)16(19)17-6-4-14-3-2-8-21-14/h2-3,8,12-13,15H,4-7,9-11H2,1H3,(H,17,19)/t12-,13-,15+/m0/s1.